The Hall–Kier alpha value is -1.23. The van der Waals surface area contributed by atoms with Crippen LogP contribution in [-0.2, 0) is 24.5 Å². The standard InChI is InChI=1S/C15H25N3O6S/c19-13(12-15(14(20)21)2-1-3-15)16-4-6-17(7-5-16)25(22,23)18-8-10-24-11-9-18/h1-12H2,(H,20,21). The van der Waals surface area contributed by atoms with E-state index in [0.717, 1.165) is 6.42 Å². The van der Waals surface area contributed by atoms with Gasteiger partial charge in [-0.1, -0.05) is 6.42 Å². The van der Waals surface area contributed by atoms with Crippen LogP contribution in [0, 0.1) is 5.41 Å². The van der Waals surface area contributed by atoms with Gasteiger partial charge in [0.1, 0.15) is 0 Å². The molecule has 1 amide bonds. The van der Waals surface area contributed by atoms with Gasteiger partial charge in [0, 0.05) is 45.7 Å². The summed E-state index contributed by atoms with van der Waals surface area (Å²) in [6.07, 6.45) is 1.93. The van der Waals surface area contributed by atoms with Gasteiger partial charge in [-0.3, -0.25) is 9.59 Å². The quantitative estimate of drug-likeness (QED) is 0.684. The average Bonchev–Trinajstić information content (AvgIpc) is 2.58. The molecular formula is C15H25N3O6S. The number of piperazine rings is 1. The molecule has 0 aromatic carbocycles. The molecule has 0 spiro atoms. The molecule has 2 heterocycles. The fourth-order valence-electron chi connectivity index (χ4n) is 3.58. The Balaban J connectivity index is 1.54. The van der Waals surface area contributed by atoms with Crippen molar-refractivity contribution in [1.29, 1.82) is 0 Å². The molecule has 0 bridgehead atoms. The van der Waals surface area contributed by atoms with Gasteiger partial charge in [0.05, 0.1) is 18.6 Å². The lowest BCUT2D eigenvalue weighted by molar-refractivity contribution is -0.159. The first-order chi connectivity index (χ1) is 11.8. The Kier molecular flexibility index (Phi) is 5.33. The van der Waals surface area contributed by atoms with Gasteiger partial charge in [-0.05, 0) is 12.8 Å². The van der Waals surface area contributed by atoms with Crippen molar-refractivity contribution < 1.29 is 27.9 Å². The molecule has 10 heteroatoms. The van der Waals surface area contributed by atoms with Gasteiger partial charge in [0.2, 0.25) is 5.91 Å². The molecule has 3 aliphatic rings. The maximum atomic E-state index is 12.6. The van der Waals surface area contributed by atoms with Crippen molar-refractivity contribution in [2.24, 2.45) is 5.41 Å². The van der Waals surface area contributed by atoms with Crippen LogP contribution in [-0.4, -0.2) is 91.4 Å². The SMILES string of the molecule is O=C(CC1(C(=O)O)CCC1)N1CCN(S(=O)(=O)N2CCOCC2)CC1. The first-order valence-corrected chi connectivity index (χ1v) is 10.1. The van der Waals surface area contributed by atoms with E-state index >= 15 is 0 Å². The number of nitrogens with zero attached hydrogens (tertiary/aromatic N) is 3. The average molecular weight is 375 g/mol. The zero-order chi connectivity index (χ0) is 18.1. The summed E-state index contributed by atoms with van der Waals surface area (Å²) in [6, 6.07) is 0. The Morgan fingerprint density at radius 3 is 2.00 bits per heavy atom. The molecule has 3 rings (SSSR count). The van der Waals surface area contributed by atoms with Gasteiger partial charge in [-0.25, -0.2) is 0 Å². The molecule has 1 saturated carbocycles. The minimum Gasteiger partial charge on any atom is -0.481 e. The minimum atomic E-state index is -3.52. The molecule has 9 nitrogen and oxygen atoms in total. The van der Waals surface area contributed by atoms with E-state index in [1.165, 1.54) is 8.61 Å². The van der Waals surface area contributed by atoms with E-state index in [1.54, 1.807) is 4.90 Å². The fourth-order valence-corrected chi connectivity index (χ4v) is 5.14. The topological polar surface area (TPSA) is 107 Å². The van der Waals surface area contributed by atoms with Gasteiger partial charge in [0.15, 0.2) is 0 Å². The molecule has 0 unspecified atom stereocenters. The van der Waals surface area contributed by atoms with Crippen molar-refractivity contribution in [3.63, 3.8) is 0 Å². The summed E-state index contributed by atoms with van der Waals surface area (Å²) < 4.78 is 33.2. The van der Waals surface area contributed by atoms with E-state index in [1.807, 2.05) is 0 Å². The van der Waals surface area contributed by atoms with Crippen LogP contribution in [0.5, 0.6) is 0 Å². The van der Waals surface area contributed by atoms with Crippen molar-refractivity contribution in [3.05, 3.63) is 0 Å². The van der Waals surface area contributed by atoms with Crippen molar-refractivity contribution in [2.45, 2.75) is 25.7 Å². The second-order valence-corrected chi connectivity index (χ2v) is 8.84. The molecule has 0 aromatic heterocycles. The third-order valence-corrected chi connectivity index (χ3v) is 7.50. The van der Waals surface area contributed by atoms with Gasteiger partial charge < -0.3 is 14.7 Å². The molecule has 0 radical (unpaired) electrons. The Morgan fingerprint density at radius 2 is 1.52 bits per heavy atom. The fraction of sp³-hybridized carbons (Fsp3) is 0.867. The summed E-state index contributed by atoms with van der Waals surface area (Å²) in [4.78, 5) is 25.4. The Morgan fingerprint density at radius 1 is 0.960 bits per heavy atom. The highest BCUT2D eigenvalue weighted by Gasteiger charge is 2.47. The Bertz CT molecular complexity index is 619. The number of rotatable bonds is 5. The van der Waals surface area contributed by atoms with Crippen LogP contribution >= 0.6 is 0 Å². The number of carbonyl (C=O) groups excluding carboxylic acids is 1. The number of amides is 1. The van der Waals surface area contributed by atoms with Crippen LogP contribution < -0.4 is 0 Å². The number of hydrogen-bond donors (Lipinski definition) is 1. The lowest BCUT2D eigenvalue weighted by atomic mass is 9.66. The highest BCUT2D eigenvalue weighted by Crippen LogP contribution is 2.44. The second kappa shape index (κ2) is 7.18. The predicted molar refractivity (Wildman–Crippen MR) is 88.0 cm³/mol. The summed E-state index contributed by atoms with van der Waals surface area (Å²) in [6.45, 7) is 2.59. The molecule has 2 aliphatic heterocycles. The maximum absolute atomic E-state index is 12.6. The molecule has 0 atom stereocenters. The molecule has 3 fully saturated rings. The summed E-state index contributed by atoms with van der Waals surface area (Å²) >= 11 is 0. The number of hydrogen-bond acceptors (Lipinski definition) is 5. The largest absolute Gasteiger partial charge is 0.481 e. The van der Waals surface area contributed by atoms with Crippen LogP contribution in [0.15, 0.2) is 0 Å². The van der Waals surface area contributed by atoms with Crippen LogP contribution in [0.25, 0.3) is 0 Å². The number of carbonyl (C=O) groups is 2. The second-order valence-electron chi connectivity index (χ2n) is 6.91. The minimum absolute atomic E-state index is 0.0124. The third kappa shape index (κ3) is 3.67. The predicted octanol–water partition coefficient (Wildman–Crippen LogP) is -0.647. The highest BCUT2D eigenvalue weighted by atomic mass is 32.2. The first-order valence-electron chi connectivity index (χ1n) is 8.69. The van der Waals surface area contributed by atoms with Crippen LogP contribution in [0.4, 0.5) is 0 Å². The van der Waals surface area contributed by atoms with Crippen molar-refractivity contribution in [1.82, 2.24) is 13.5 Å². The van der Waals surface area contributed by atoms with E-state index in [-0.39, 0.29) is 25.4 Å². The molecule has 2 saturated heterocycles. The summed E-state index contributed by atoms with van der Waals surface area (Å²) in [5, 5.41) is 9.35. The molecule has 0 aromatic rings. The first kappa shape index (κ1) is 18.6. The molecule has 25 heavy (non-hydrogen) atoms. The van der Waals surface area contributed by atoms with Crippen LogP contribution in [0.1, 0.15) is 25.7 Å². The number of morpholine rings is 1. The third-order valence-electron chi connectivity index (χ3n) is 5.47. The van der Waals surface area contributed by atoms with Crippen LogP contribution in [0.3, 0.4) is 0 Å². The number of carboxylic acids is 1. The summed E-state index contributed by atoms with van der Waals surface area (Å²) in [5.74, 6) is -1.09. The van der Waals surface area contributed by atoms with Gasteiger partial charge in [0.25, 0.3) is 10.2 Å². The van der Waals surface area contributed by atoms with Gasteiger partial charge in [-0.2, -0.15) is 17.0 Å². The van der Waals surface area contributed by atoms with Crippen molar-refractivity contribution in [2.75, 3.05) is 52.5 Å². The number of carboxylic acid groups (broad SMARTS) is 1. The summed E-state index contributed by atoms with van der Waals surface area (Å²) in [7, 11) is -3.52. The maximum Gasteiger partial charge on any atom is 0.310 e. The lowest BCUT2D eigenvalue weighted by Crippen LogP contribution is -2.56. The van der Waals surface area contributed by atoms with Crippen LogP contribution in [0.2, 0.25) is 0 Å². The highest BCUT2D eigenvalue weighted by molar-refractivity contribution is 7.86. The molecule has 142 valence electrons. The smallest absolute Gasteiger partial charge is 0.310 e. The number of ether oxygens (including phenoxy) is 1. The zero-order valence-electron chi connectivity index (χ0n) is 14.2. The van der Waals surface area contributed by atoms with Crippen molar-refractivity contribution in [3.8, 4) is 0 Å². The molecule has 1 aliphatic carbocycles. The van der Waals surface area contributed by atoms with E-state index in [0.29, 0.717) is 52.2 Å². The normalized spacial score (nSPS) is 25.4. The van der Waals surface area contributed by atoms with E-state index in [4.69, 9.17) is 4.74 Å². The lowest BCUT2D eigenvalue weighted by Gasteiger charge is -2.41. The van der Waals surface area contributed by atoms with Crippen molar-refractivity contribution >= 4 is 22.1 Å². The number of aliphatic carboxylic acids is 1. The Labute approximate surface area is 147 Å². The monoisotopic (exact) mass is 375 g/mol. The molecular weight excluding hydrogens is 350 g/mol. The van der Waals surface area contributed by atoms with E-state index in [9.17, 15) is 23.1 Å². The summed E-state index contributed by atoms with van der Waals surface area (Å²) in [5.41, 5.74) is -0.909. The van der Waals surface area contributed by atoms with Gasteiger partial charge in [-0.15, -0.1) is 0 Å². The van der Waals surface area contributed by atoms with E-state index < -0.39 is 21.6 Å². The zero-order valence-corrected chi connectivity index (χ0v) is 15.0. The van der Waals surface area contributed by atoms with Gasteiger partial charge >= 0.3 is 5.97 Å². The van der Waals surface area contributed by atoms with E-state index in [2.05, 4.69) is 0 Å². The molecule has 1 N–H and O–H groups in total.